The highest BCUT2D eigenvalue weighted by molar-refractivity contribution is 5.98. The normalized spacial score (nSPS) is 15.5. The number of aromatic nitrogens is 4. The summed E-state index contributed by atoms with van der Waals surface area (Å²) in [6.07, 6.45) is 3.84. The van der Waals surface area contributed by atoms with E-state index in [1.807, 2.05) is 28.8 Å². The minimum absolute atomic E-state index is 0.0192. The van der Waals surface area contributed by atoms with Gasteiger partial charge in [-0.2, -0.15) is 0 Å². The molecule has 1 aliphatic heterocycles. The van der Waals surface area contributed by atoms with Gasteiger partial charge < -0.3 is 9.32 Å². The quantitative estimate of drug-likeness (QED) is 0.574. The van der Waals surface area contributed by atoms with Gasteiger partial charge in [0.15, 0.2) is 5.69 Å². The van der Waals surface area contributed by atoms with Crippen LogP contribution in [0.3, 0.4) is 0 Å². The van der Waals surface area contributed by atoms with Crippen molar-refractivity contribution in [2.45, 2.75) is 65.7 Å². The second-order valence-corrected chi connectivity index (χ2v) is 8.28. The van der Waals surface area contributed by atoms with E-state index in [2.05, 4.69) is 47.8 Å². The SMILES string of the molecule is CCC(C)N(Cc1nnc(-c2ncn3c2CN(C)C(=O)c2ccccc2-3)o1)C(C)CC. The number of para-hydroxylation sites is 1. The van der Waals surface area contributed by atoms with E-state index in [0.29, 0.717) is 48.2 Å². The van der Waals surface area contributed by atoms with Crippen molar-refractivity contribution in [3.05, 3.63) is 47.7 Å². The van der Waals surface area contributed by atoms with Gasteiger partial charge in [-0.15, -0.1) is 10.2 Å². The molecule has 1 aromatic carbocycles. The fourth-order valence-corrected chi connectivity index (χ4v) is 4.06. The summed E-state index contributed by atoms with van der Waals surface area (Å²) >= 11 is 0. The molecule has 3 aromatic rings. The molecule has 0 spiro atoms. The lowest BCUT2D eigenvalue weighted by atomic mass is 10.1. The molecule has 31 heavy (non-hydrogen) atoms. The standard InChI is InChI=1S/C23H30N6O2/c1-6-15(3)28(16(4)7-2)13-20-25-26-22(31-20)21-19-12-27(5)23(30)17-10-8-9-11-18(17)29(19)14-24-21/h8-11,14-16H,6-7,12-13H2,1-5H3. The van der Waals surface area contributed by atoms with Crippen molar-refractivity contribution in [2.75, 3.05) is 7.05 Å². The van der Waals surface area contributed by atoms with Crippen molar-refractivity contribution < 1.29 is 9.21 Å². The number of imidazole rings is 1. The summed E-state index contributed by atoms with van der Waals surface area (Å²) in [7, 11) is 1.79. The first-order valence-electron chi connectivity index (χ1n) is 10.9. The maximum absolute atomic E-state index is 12.8. The summed E-state index contributed by atoms with van der Waals surface area (Å²) in [5.74, 6) is 0.947. The van der Waals surface area contributed by atoms with Crippen molar-refractivity contribution >= 4 is 5.91 Å². The highest BCUT2D eigenvalue weighted by atomic mass is 16.4. The van der Waals surface area contributed by atoms with Gasteiger partial charge in [-0.05, 0) is 38.8 Å². The first-order chi connectivity index (χ1) is 14.9. The predicted octanol–water partition coefficient (Wildman–Crippen LogP) is 3.91. The molecule has 0 N–H and O–H groups in total. The average molecular weight is 423 g/mol. The molecule has 2 unspecified atom stereocenters. The summed E-state index contributed by atoms with van der Waals surface area (Å²) in [6, 6.07) is 8.40. The maximum Gasteiger partial charge on any atom is 0.268 e. The molecule has 2 atom stereocenters. The Morgan fingerprint density at radius 1 is 1.13 bits per heavy atom. The molecular weight excluding hydrogens is 392 g/mol. The average Bonchev–Trinajstić information content (AvgIpc) is 3.40. The summed E-state index contributed by atoms with van der Waals surface area (Å²) in [4.78, 5) is 21.5. The van der Waals surface area contributed by atoms with Gasteiger partial charge in [0.2, 0.25) is 5.89 Å². The summed E-state index contributed by atoms with van der Waals surface area (Å²) < 4.78 is 8.01. The second kappa shape index (κ2) is 8.63. The second-order valence-electron chi connectivity index (χ2n) is 8.28. The third-order valence-corrected chi connectivity index (χ3v) is 6.30. The van der Waals surface area contributed by atoms with Crippen LogP contribution in [0, 0.1) is 0 Å². The number of amides is 1. The molecule has 4 rings (SSSR count). The van der Waals surface area contributed by atoms with E-state index in [0.717, 1.165) is 24.2 Å². The Labute approximate surface area is 182 Å². The number of nitrogens with zero attached hydrogens (tertiary/aromatic N) is 6. The first-order valence-corrected chi connectivity index (χ1v) is 10.9. The zero-order valence-corrected chi connectivity index (χ0v) is 18.9. The van der Waals surface area contributed by atoms with E-state index in [1.54, 1.807) is 18.3 Å². The van der Waals surface area contributed by atoms with Gasteiger partial charge in [0.05, 0.1) is 30.0 Å². The Bertz CT molecular complexity index is 1060. The number of carbonyl (C=O) groups is 1. The van der Waals surface area contributed by atoms with Crippen LogP contribution in [0.1, 0.15) is 62.5 Å². The number of fused-ring (bicyclic) bond motifs is 3. The molecule has 0 saturated carbocycles. The molecule has 2 aromatic heterocycles. The lowest BCUT2D eigenvalue weighted by Crippen LogP contribution is -2.39. The minimum Gasteiger partial charge on any atom is -0.418 e. The number of rotatable bonds is 7. The van der Waals surface area contributed by atoms with Crippen molar-refractivity contribution in [3.8, 4) is 17.3 Å². The largest absolute Gasteiger partial charge is 0.418 e. The van der Waals surface area contributed by atoms with Gasteiger partial charge in [-0.1, -0.05) is 26.0 Å². The third kappa shape index (κ3) is 3.87. The van der Waals surface area contributed by atoms with Crippen LogP contribution in [0.5, 0.6) is 0 Å². The topological polar surface area (TPSA) is 80.3 Å². The molecule has 3 heterocycles. The van der Waals surface area contributed by atoms with E-state index < -0.39 is 0 Å². The summed E-state index contributed by atoms with van der Waals surface area (Å²) in [5, 5.41) is 8.61. The van der Waals surface area contributed by atoms with E-state index in [9.17, 15) is 4.79 Å². The van der Waals surface area contributed by atoms with Gasteiger partial charge in [-0.3, -0.25) is 14.3 Å². The molecule has 8 nitrogen and oxygen atoms in total. The molecule has 0 aliphatic carbocycles. The number of carbonyl (C=O) groups excluding carboxylic acids is 1. The highest BCUT2D eigenvalue weighted by Crippen LogP contribution is 2.30. The minimum atomic E-state index is -0.0192. The van der Waals surface area contributed by atoms with Crippen LogP contribution in [-0.2, 0) is 13.1 Å². The van der Waals surface area contributed by atoms with Gasteiger partial charge in [0, 0.05) is 19.1 Å². The predicted molar refractivity (Wildman–Crippen MR) is 118 cm³/mol. The highest BCUT2D eigenvalue weighted by Gasteiger charge is 2.28. The van der Waals surface area contributed by atoms with Crippen LogP contribution >= 0.6 is 0 Å². The van der Waals surface area contributed by atoms with Crippen LogP contribution < -0.4 is 0 Å². The van der Waals surface area contributed by atoms with Crippen LogP contribution in [0.25, 0.3) is 17.3 Å². The molecule has 0 fully saturated rings. The zero-order chi connectivity index (χ0) is 22.1. The number of benzene rings is 1. The molecule has 8 heteroatoms. The third-order valence-electron chi connectivity index (χ3n) is 6.30. The number of hydrogen-bond donors (Lipinski definition) is 0. The van der Waals surface area contributed by atoms with E-state index in [-0.39, 0.29) is 5.91 Å². The number of hydrogen-bond acceptors (Lipinski definition) is 6. The van der Waals surface area contributed by atoms with E-state index in [4.69, 9.17) is 4.42 Å². The lowest BCUT2D eigenvalue weighted by Gasteiger charge is -2.32. The van der Waals surface area contributed by atoms with Crippen LogP contribution in [0.4, 0.5) is 0 Å². The van der Waals surface area contributed by atoms with Gasteiger partial charge in [0.1, 0.15) is 6.33 Å². The van der Waals surface area contributed by atoms with Crippen LogP contribution in [-0.4, -0.2) is 54.6 Å². The lowest BCUT2D eigenvalue weighted by molar-refractivity contribution is 0.0788. The van der Waals surface area contributed by atoms with Gasteiger partial charge >= 0.3 is 0 Å². The molecule has 0 bridgehead atoms. The Balaban J connectivity index is 1.68. The summed E-state index contributed by atoms with van der Waals surface area (Å²) in [5.41, 5.74) is 2.94. The Hall–Kier alpha value is -3.00. The van der Waals surface area contributed by atoms with Gasteiger partial charge in [0.25, 0.3) is 11.8 Å². The maximum atomic E-state index is 12.8. The Morgan fingerprint density at radius 3 is 2.55 bits per heavy atom. The van der Waals surface area contributed by atoms with Crippen molar-refractivity contribution in [1.82, 2.24) is 29.5 Å². The molecule has 0 radical (unpaired) electrons. The van der Waals surface area contributed by atoms with Crippen molar-refractivity contribution in [2.24, 2.45) is 0 Å². The molecule has 1 amide bonds. The first kappa shape index (κ1) is 21.2. The van der Waals surface area contributed by atoms with Gasteiger partial charge in [-0.25, -0.2) is 4.98 Å². The molecule has 0 saturated heterocycles. The molecule has 1 aliphatic rings. The van der Waals surface area contributed by atoms with E-state index in [1.165, 1.54) is 0 Å². The Kier molecular flexibility index (Phi) is 5.91. The fourth-order valence-electron chi connectivity index (χ4n) is 4.06. The van der Waals surface area contributed by atoms with Crippen LogP contribution in [0.15, 0.2) is 35.0 Å². The molecular formula is C23H30N6O2. The van der Waals surface area contributed by atoms with Crippen molar-refractivity contribution in [3.63, 3.8) is 0 Å². The molecule has 164 valence electrons. The van der Waals surface area contributed by atoms with Crippen LogP contribution in [0.2, 0.25) is 0 Å². The Morgan fingerprint density at radius 2 is 1.84 bits per heavy atom. The smallest absolute Gasteiger partial charge is 0.268 e. The monoisotopic (exact) mass is 422 g/mol. The summed E-state index contributed by atoms with van der Waals surface area (Å²) in [6.45, 7) is 9.84. The fraction of sp³-hybridized carbons (Fsp3) is 0.478. The zero-order valence-electron chi connectivity index (χ0n) is 18.9. The van der Waals surface area contributed by atoms with E-state index >= 15 is 0 Å². The van der Waals surface area contributed by atoms with Crippen molar-refractivity contribution in [1.29, 1.82) is 0 Å².